The van der Waals surface area contributed by atoms with Crippen LogP contribution in [0.15, 0.2) is 157 Å². The summed E-state index contributed by atoms with van der Waals surface area (Å²) in [5, 5.41) is 16.9. The van der Waals surface area contributed by atoms with Crippen LogP contribution in [0.4, 0.5) is 5.69 Å². The van der Waals surface area contributed by atoms with E-state index in [9.17, 15) is 0 Å². The maximum Gasteiger partial charge on any atom is 0.155 e. The van der Waals surface area contributed by atoms with E-state index in [1.54, 1.807) is 0 Å². The fraction of sp³-hybridized carbons (Fsp3) is 0. The van der Waals surface area contributed by atoms with E-state index in [1.807, 2.05) is 84.3 Å². The summed E-state index contributed by atoms with van der Waals surface area (Å²) >= 11 is 0. The molecule has 230 valence electrons. The smallest absolute Gasteiger partial charge is 0.155 e. The molecule has 0 fully saturated rings. The lowest BCUT2D eigenvalue weighted by molar-refractivity contribution is -0.577. The first-order chi connectivity index (χ1) is 24.2. The predicted octanol–water partition coefficient (Wildman–Crippen LogP) is 8.98. The molecular formula is C43H29N6+. The van der Waals surface area contributed by atoms with Crippen LogP contribution >= 0.6 is 0 Å². The fourth-order valence-electron chi connectivity index (χ4n) is 6.56. The van der Waals surface area contributed by atoms with Crippen LogP contribution in [0.1, 0.15) is 11.1 Å². The van der Waals surface area contributed by atoms with E-state index in [-0.39, 0.29) is 0 Å². The fourth-order valence-corrected chi connectivity index (χ4v) is 6.56. The molecule has 0 unspecified atom stereocenters. The average molecular weight is 630 g/mol. The number of aromatic nitrogens is 3. The molecule has 0 saturated heterocycles. The van der Waals surface area contributed by atoms with Gasteiger partial charge in [-0.25, -0.2) is 15.0 Å². The van der Waals surface area contributed by atoms with E-state index >= 15 is 0 Å². The standard InChI is InChI=1S/C43H28N6/c44-35-22-21-33-39(43(35)49-48-32-14-8-3-9-15-32)34-26-31(20-25-38(34)47-40(33)28-12-6-2-7-13-28)37-24-19-30-17-16-29-18-23-36(27-10-4-1-5-11-27)45-41(29)42(30)46-37/h1-26,44,48H/p+1. The molecule has 3 aromatic heterocycles. The topological polar surface area (TPSA) is 91.5 Å². The zero-order chi connectivity index (χ0) is 32.7. The molecule has 49 heavy (non-hydrogen) atoms. The molecule has 0 atom stereocenters. The van der Waals surface area contributed by atoms with Gasteiger partial charge in [-0.1, -0.05) is 114 Å². The monoisotopic (exact) mass is 629 g/mol. The van der Waals surface area contributed by atoms with Gasteiger partial charge in [-0.05, 0) is 36.4 Å². The van der Waals surface area contributed by atoms with Crippen LogP contribution in [0.25, 0.3) is 72.6 Å². The number of rotatable bonds is 5. The molecule has 8 aromatic rings. The number of fused-ring (bicyclic) bond motifs is 6. The third-order valence-corrected chi connectivity index (χ3v) is 9.01. The first-order valence-corrected chi connectivity index (χ1v) is 16.2. The van der Waals surface area contributed by atoms with Crippen LogP contribution in [-0.2, 0) is 0 Å². The second-order valence-corrected chi connectivity index (χ2v) is 12.1. The number of hydrogen-bond acceptors (Lipinski definition) is 5. The SMILES string of the molecule is N=C1C=Cc2c(-c3ccccc3)nc3ccc(-c4ccc5ccc6ccc(-c7ccccc7)nc6c5n4)cc3c2C1=N[NH2+]c1ccccc1. The second-order valence-electron chi connectivity index (χ2n) is 12.1. The van der Waals surface area contributed by atoms with Crippen molar-refractivity contribution in [2.45, 2.75) is 0 Å². The van der Waals surface area contributed by atoms with Gasteiger partial charge < -0.3 is 0 Å². The van der Waals surface area contributed by atoms with Gasteiger partial charge in [0.1, 0.15) is 0 Å². The van der Waals surface area contributed by atoms with Crippen molar-refractivity contribution in [3.05, 3.63) is 163 Å². The molecule has 6 heteroatoms. The Morgan fingerprint density at radius 2 is 1.12 bits per heavy atom. The van der Waals surface area contributed by atoms with Crippen LogP contribution in [-0.4, -0.2) is 26.4 Å². The van der Waals surface area contributed by atoms with Gasteiger partial charge in [0.05, 0.1) is 39.3 Å². The lowest BCUT2D eigenvalue weighted by Gasteiger charge is -2.19. The number of nitrogens with zero attached hydrogens (tertiary/aromatic N) is 4. The summed E-state index contributed by atoms with van der Waals surface area (Å²) in [6.07, 6.45) is 3.81. The normalized spacial score (nSPS) is 13.4. The Morgan fingerprint density at radius 1 is 0.531 bits per heavy atom. The quantitative estimate of drug-likeness (QED) is 0.0862. The molecule has 6 nitrogen and oxygen atoms in total. The molecule has 0 radical (unpaired) electrons. The summed E-state index contributed by atoms with van der Waals surface area (Å²) < 4.78 is 0. The van der Waals surface area contributed by atoms with Gasteiger partial charge in [0.2, 0.25) is 0 Å². The number of nitrogens with two attached hydrogens (primary N) is 1. The number of pyridine rings is 3. The van der Waals surface area contributed by atoms with E-state index in [4.69, 9.17) is 25.5 Å². The molecule has 1 aliphatic carbocycles. The van der Waals surface area contributed by atoms with E-state index in [0.717, 1.165) is 83.3 Å². The Bertz CT molecular complexity index is 2630. The van der Waals surface area contributed by atoms with Crippen molar-refractivity contribution in [1.29, 1.82) is 5.41 Å². The molecule has 3 N–H and O–H groups in total. The molecule has 1 aliphatic rings. The minimum Gasteiger partial charge on any atom is -0.298 e. The maximum atomic E-state index is 8.98. The van der Waals surface area contributed by atoms with Gasteiger partial charge in [-0.3, -0.25) is 5.41 Å². The van der Waals surface area contributed by atoms with Crippen LogP contribution in [0, 0.1) is 5.41 Å². The molecule has 0 saturated carbocycles. The third-order valence-electron chi connectivity index (χ3n) is 9.01. The molecule has 9 rings (SSSR count). The Labute approximate surface area is 282 Å². The first kappa shape index (κ1) is 28.6. The Hall–Kier alpha value is -6.63. The lowest BCUT2D eigenvalue weighted by Crippen LogP contribution is -2.72. The molecule has 0 amide bonds. The van der Waals surface area contributed by atoms with Crippen molar-refractivity contribution in [2.24, 2.45) is 5.10 Å². The lowest BCUT2D eigenvalue weighted by atomic mass is 9.87. The van der Waals surface area contributed by atoms with Crippen LogP contribution in [0.3, 0.4) is 0 Å². The van der Waals surface area contributed by atoms with Crippen molar-refractivity contribution in [3.63, 3.8) is 0 Å². The van der Waals surface area contributed by atoms with Crippen LogP contribution in [0.2, 0.25) is 0 Å². The predicted molar refractivity (Wildman–Crippen MR) is 200 cm³/mol. The molecule has 0 spiro atoms. The van der Waals surface area contributed by atoms with Crippen LogP contribution in [0.5, 0.6) is 0 Å². The van der Waals surface area contributed by atoms with Gasteiger partial charge in [0.25, 0.3) is 0 Å². The number of quaternary nitrogens is 1. The Balaban J connectivity index is 1.24. The summed E-state index contributed by atoms with van der Waals surface area (Å²) in [6.45, 7) is 0. The number of nitrogens with one attached hydrogen (secondary N) is 1. The van der Waals surface area contributed by atoms with E-state index in [0.29, 0.717) is 11.4 Å². The maximum absolute atomic E-state index is 8.98. The largest absolute Gasteiger partial charge is 0.298 e. The molecule has 0 aliphatic heterocycles. The molecule has 0 bridgehead atoms. The van der Waals surface area contributed by atoms with Crippen molar-refractivity contribution in [3.8, 4) is 33.8 Å². The van der Waals surface area contributed by atoms with Gasteiger partial charge in [0, 0.05) is 56.1 Å². The van der Waals surface area contributed by atoms with E-state index in [1.165, 1.54) is 0 Å². The minimum atomic E-state index is 0.354. The highest BCUT2D eigenvalue weighted by Gasteiger charge is 2.26. The number of hydrogen-bond donors (Lipinski definition) is 2. The minimum absolute atomic E-state index is 0.354. The number of benzene rings is 5. The van der Waals surface area contributed by atoms with Gasteiger partial charge in [-0.2, -0.15) is 5.43 Å². The van der Waals surface area contributed by atoms with Crippen molar-refractivity contribution < 1.29 is 5.43 Å². The highest BCUT2D eigenvalue weighted by atomic mass is 15.3. The van der Waals surface area contributed by atoms with Crippen molar-refractivity contribution in [1.82, 2.24) is 15.0 Å². The summed E-state index contributed by atoms with van der Waals surface area (Å²) in [5.41, 5.74) is 13.8. The molecule has 5 aromatic carbocycles. The third kappa shape index (κ3) is 5.17. The number of allylic oxidation sites excluding steroid dienone is 1. The van der Waals surface area contributed by atoms with Gasteiger partial charge in [-0.15, -0.1) is 0 Å². The summed E-state index contributed by atoms with van der Waals surface area (Å²) in [7, 11) is 0. The van der Waals surface area contributed by atoms with Crippen molar-refractivity contribution >= 4 is 55.9 Å². The molecule has 3 heterocycles. The summed E-state index contributed by atoms with van der Waals surface area (Å²) in [6, 6.07) is 49.3. The summed E-state index contributed by atoms with van der Waals surface area (Å²) in [4.78, 5) is 15.5. The van der Waals surface area contributed by atoms with E-state index < -0.39 is 0 Å². The zero-order valence-electron chi connectivity index (χ0n) is 26.4. The highest BCUT2D eigenvalue weighted by molar-refractivity contribution is 6.55. The second kappa shape index (κ2) is 11.9. The Morgan fingerprint density at radius 3 is 1.80 bits per heavy atom. The summed E-state index contributed by atoms with van der Waals surface area (Å²) in [5.74, 6) is 0. The zero-order valence-corrected chi connectivity index (χ0v) is 26.4. The van der Waals surface area contributed by atoms with Gasteiger partial charge in [0.15, 0.2) is 11.4 Å². The highest BCUT2D eigenvalue weighted by Crippen LogP contribution is 2.36. The van der Waals surface area contributed by atoms with Crippen molar-refractivity contribution in [2.75, 3.05) is 0 Å². The average Bonchev–Trinajstić information content (AvgIpc) is 3.17. The van der Waals surface area contributed by atoms with Gasteiger partial charge >= 0.3 is 0 Å². The van der Waals surface area contributed by atoms with Crippen LogP contribution < -0.4 is 5.43 Å². The van der Waals surface area contributed by atoms with E-state index in [2.05, 4.69) is 78.9 Å². The Kier molecular flexibility index (Phi) is 6.92. The molecular weight excluding hydrogens is 601 g/mol. The first-order valence-electron chi connectivity index (χ1n) is 16.2.